The Kier molecular flexibility index (Phi) is 3.84. The summed E-state index contributed by atoms with van der Waals surface area (Å²) in [4.78, 5) is 4.73. The molecular formula is C19H12ClN5OS. The van der Waals surface area contributed by atoms with Gasteiger partial charge in [-0.3, -0.25) is 0 Å². The van der Waals surface area contributed by atoms with Gasteiger partial charge in [-0.2, -0.15) is 5.10 Å². The molecule has 0 aliphatic rings. The van der Waals surface area contributed by atoms with Crippen molar-refractivity contribution in [2.75, 3.05) is 0 Å². The Balaban J connectivity index is 1.58. The molecule has 0 amide bonds. The second-order valence-corrected chi connectivity index (χ2v) is 7.35. The standard InChI is InChI=1S/C19H12ClN5OS/c1-11-9-16-21-18(14-7-2-3-8-15(14)25(16)24-11)27-19-23-22-17(26-19)12-5-4-6-13(20)10-12/h2-10H,1H3. The molecule has 3 heterocycles. The van der Waals surface area contributed by atoms with Crippen molar-refractivity contribution in [2.24, 2.45) is 0 Å². The van der Waals surface area contributed by atoms with Crippen molar-refractivity contribution in [1.29, 1.82) is 0 Å². The van der Waals surface area contributed by atoms with Crippen LogP contribution >= 0.6 is 23.4 Å². The largest absolute Gasteiger partial charge is 0.411 e. The Morgan fingerprint density at radius 1 is 1.04 bits per heavy atom. The molecule has 0 saturated heterocycles. The summed E-state index contributed by atoms with van der Waals surface area (Å²) in [5.74, 6) is 0.422. The number of hydrogen-bond donors (Lipinski definition) is 0. The molecule has 0 bridgehead atoms. The average Bonchev–Trinajstić information content (AvgIpc) is 3.28. The lowest BCUT2D eigenvalue weighted by Crippen LogP contribution is -1.95. The zero-order chi connectivity index (χ0) is 18.4. The summed E-state index contributed by atoms with van der Waals surface area (Å²) in [5.41, 5.74) is 3.45. The number of hydrogen-bond acceptors (Lipinski definition) is 6. The number of fused-ring (bicyclic) bond motifs is 3. The Bertz CT molecular complexity index is 1300. The smallest absolute Gasteiger partial charge is 0.283 e. The monoisotopic (exact) mass is 393 g/mol. The van der Waals surface area contributed by atoms with E-state index in [1.165, 1.54) is 11.8 Å². The van der Waals surface area contributed by atoms with E-state index in [4.69, 9.17) is 21.0 Å². The van der Waals surface area contributed by atoms with Crippen molar-refractivity contribution in [3.8, 4) is 11.5 Å². The summed E-state index contributed by atoms with van der Waals surface area (Å²) in [6.45, 7) is 1.95. The van der Waals surface area contributed by atoms with Gasteiger partial charge >= 0.3 is 0 Å². The summed E-state index contributed by atoms with van der Waals surface area (Å²) in [7, 11) is 0. The zero-order valence-electron chi connectivity index (χ0n) is 14.1. The summed E-state index contributed by atoms with van der Waals surface area (Å²) in [6.07, 6.45) is 0. The van der Waals surface area contributed by atoms with Gasteiger partial charge < -0.3 is 4.42 Å². The molecule has 3 aromatic heterocycles. The van der Waals surface area contributed by atoms with E-state index < -0.39 is 0 Å². The minimum atomic E-state index is 0.420. The number of benzene rings is 2. The first-order valence-electron chi connectivity index (χ1n) is 8.20. The van der Waals surface area contributed by atoms with Gasteiger partial charge in [0.15, 0.2) is 5.65 Å². The van der Waals surface area contributed by atoms with Crippen LogP contribution < -0.4 is 0 Å². The van der Waals surface area contributed by atoms with Crippen LogP contribution in [0, 0.1) is 6.92 Å². The Labute approximate surface area is 163 Å². The number of aromatic nitrogens is 5. The van der Waals surface area contributed by atoms with E-state index >= 15 is 0 Å². The third kappa shape index (κ3) is 2.94. The lowest BCUT2D eigenvalue weighted by Gasteiger charge is -2.05. The van der Waals surface area contributed by atoms with Crippen LogP contribution in [0.2, 0.25) is 5.02 Å². The molecule has 2 aromatic carbocycles. The molecule has 0 unspecified atom stereocenters. The maximum atomic E-state index is 6.04. The quantitative estimate of drug-likeness (QED) is 0.400. The lowest BCUT2D eigenvalue weighted by atomic mass is 10.2. The molecule has 8 heteroatoms. The maximum Gasteiger partial charge on any atom is 0.283 e. The van der Waals surface area contributed by atoms with Gasteiger partial charge in [0.25, 0.3) is 5.22 Å². The lowest BCUT2D eigenvalue weighted by molar-refractivity contribution is 0.466. The number of nitrogens with zero attached hydrogens (tertiary/aromatic N) is 5. The third-order valence-corrected chi connectivity index (χ3v) is 5.13. The van der Waals surface area contributed by atoms with Gasteiger partial charge in [0, 0.05) is 22.0 Å². The molecule has 0 fully saturated rings. The zero-order valence-corrected chi connectivity index (χ0v) is 15.7. The van der Waals surface area contributed by atoms with Crippen molar-refractivity contribution >= 4 is 39.9 Å². The number of halogens is 1. The fraction of sp³-hybridized carbons (Fsp3) is 0.0526. The maximum absolute atomic E-state index is 6.04. The fourth-order valence-corrected chi connectivity index (χ4v) is 3.88. The molecule has 0 aliphatic carbocycles. The average molecular weight is 394 g/mol. The predicted molar refractivity (Wildman–Crippen MR) is 104 cm³/mol. The van der Waals surface area contributed by atoms with E-state index in [9.17, 15) is 0 Å². The molecule has 0 saturated carbocycles. The summed E-state index contributed by atoms with van der Waals surface area (Å²) < 4.78 is 7.66. The van der Waals surface area contributed by atoms with Crippen LogP contribution in [0.5, 0.6) is 0 Å². The molecule has 0 N–H and O–H groups in total. The molecule has 0 radical (unpaired) electrons. The van der Waals surface area contributed by atoms with Gasteiger partial charge in [0.1, 0.15) is 5.03 Å². The minimum Gasteiger partial charge on any atom is -0.411 e. The highest BCUT2D eigenvalue weighted by molar-refractivity contribution is 7.99. The SMILES string of the molecule is Cc1cc2nc(Sc3nnc(-c4cccc(Cl)c4)o3)c3ccccc3n2n1. The van der Waals surface area contributed by atoms with Crippen LogP contribution in [0.25, 0.3) is 28.0 Å². The van der Waals surface area contributed by atoms with E-state index in [0.29, 0.717) is 16.1 Å². The number of aryl methyl sites for hydroxylation is 1. The Hall–Kier alpha value is -2.90. The molecule has 0 aliphatic heterocycles. The topological polar surface area (TPSA) is 69.1 Å². The first kappa shape index (κ1) is 16.3. The van der Waals surface area contributed by atoms with Crippen LogP contribution in [0.1, 0.15) is 5.69 Å². The van der Waals surface area contributed by atoms with Gasteiger partial charge in [-0.05, 0) is 43.0 Å². The highest BCUT2D eigenvalue weighted by atomic mass is 35.5. The van der Waals surface area contributed by atoms with Crippen molar-refractivity contribution in [3.05, 3.63) is 65.3 Å². The minimum absolute atomic E-state index is 0.420. The molecule has 6 nitrogen and oxygen atoms in total. The van der Waals surface area contributed by atoms with Crippen molar-refractivity contribution < 1.29 is 4.42 Å². The van der Waals surface area contributed by atoms with Crippen LogP contribution in [-0.4, -0.2) is 24.8 Å². The van der Waals surface area contributed by atoms with Crippen molar-refractivity contribution in [3.63, 3.8) is 0 Å². The molecule has 0 spiro atoms. The molecular weight excluding hydrogens is 382 g/mol. The highest BCUT2D eigenvalue weighted by Gasteiger charge is 2.15. The first-order chi connectivity index (χ1) is 13.2. The summed E-state index contributed by atoms with van der Waals surface area (Å²) in [6, 6.07) is 17.2. The second-order valence-electron chi connectivity index (χ2n) is 5.98. The van der Waals surface area contributed by atoms with Crippen molar-refractivity contribution in [2.45, 2.75) is 17.2 Å². The molecule has 0 atom stereocenters. The first-order valence-corrected chi connectivity index (χ1v) is 9.39. The molecule has 132 valence electrons. The molecule has 5 aromatic rings. The fourth-order valence-electron chi connectivity index (χ4n) is 2.90. The van der Waals surface area contributed by atoms with E-state index in [1.54, 1.807) is 12.1 Å². The van der Waals surface area contributed by atoms with E-state index in [1.807, 2.05) is 53.9 Å². The van der Waals surface area contributed by atoms with E-state index in [2.05, 4.69) is 15.3 Å². The van der Waals surface area contributed by atoms with E-state index in [-0.39, 0.29) is 0 Å². The summed E-state index contributed by atoms with van der Waals surface area (Å²) >= 11 is 7.38. The van der Waals surface area contributed by atoms with Crippen molar-refractivity contribution in [1.82, 2.24) is 24.8 Å². The number of para-hydroxylation sites is 1. The third-order valence-electron chi connectivity index (χ3n) is 4.05. The van der Waals surface area contributed by atoms with Gasteiger partial charge in [-0.15, -0.1) is 10.2 Å². The van der Waals surface area contributed by atoms with Crippen LogP contribution in [0.3, 0.4) is 0 Å². The van der Waals surface area contributed by atoms with Crippen LogP contribution in [-0.2, 0) is 0 Å². The van der Waals surface area contributed by atoms with Gasteiger partial charge in [-0.25, -0.2) is 9.50 Å². The second kappa shape index (κ2) is 6.37. The molecule has 27 heavy (non-hydrogen) atoms. The summed E-state index contributed by atoms with van der Waals surface area (Å²) in [5, 5.41) is 15.6. The van der Waals surface area contributed by atoms with Gasteiger partial charge in [0.2, 0.25) is 5.89 Å². The highest BCUT2D eigenvalue weighted by Crippen LogP contribution is 2.33. The number of rotatable bonds is 3. The van der Waals surface area contributed by atoms with Gasteiger partial charge in [0.05, 0.1) is 11.2 Å². The molecule has 5 rings (SSSR count). The predicted octanol–water partition coefficient (Wildman–Crippen LogP) is 5.05. The Morgan fingerprint density at radius 2 is 1.93 bits per heavy atom. The van der Waals surface area contributed by atoms with Crippen LogP contribution in [0.15, 0.2) is 69.3 Å². The van der Waals surface area contributed by atoms with E-state index in [0.717, 1.165) is 32.8 Å². The Morgan fingerprint density at radius 3 is 2.81 bits per heavy atom. The normalized spacial score (nSPS) is 11.5. The van der Waals surface area contributed by atoms with Crippen LogP contribution in [0.4, 0.5) is 0 Å². The van der Waals surface area contributed by atoms with Gasteiger partial charge in [-0.1, -0.05) is 35.9 Å².